The quantitative estimate of drug-likeness (QED) is 0.484. The van der Waals surface area contributed by atoms with Crippen LogP contribution in [0.25, 0.3) is 0 Å². The first kappa shape index (κ1) is 17.7. The average Bonchev–Trinajstić information content (AvgIpc) is 2.49. The second kappa shape index (κ2) is 6.46. The van der Waals surface area contributed by atoms with E-state index in [1.54, 1.807) is 0 Å². The minimum absolute atomic E-state index is 0.0140. The molecule has 2 N–H and O–H groups in total. The minimum Gasteiger partial charge on any atom is -0.506 e. The van der Waals surface area contributed by atoms with E-state index in [1.807, 2.05) is 0 Å². The number of halogens is 1. The maximum Gasteiger partial charge on any atom is 0.271 e. The molecule has 2 rings (SSSR count). The minimum atomic E-state index is -3.76. The van der Waals surface area contributed by atoms with Crippen molar-refractivity contribution in [2.45, 2.75) is 4.90 Å². The van der Waals surface area contributed by atoms with Crippen LogP contribution in [0.3, 0.4) is 0 Å². The lowest BCUT2D eigenvalue weighted by Gasteiger charge is -2.09. The van der Waals surface area contributed by atoms with Gasteiger partial charge in [0.1, 0.15) is 5.75 Å². The van der Waals surface area contributed by atoms with Crippen molar-refractivity contribution in [2.75, 3.05) is 11.6 Å². The molecule has 0 saturated heterocycles. The van der Waals surface area contributed by atoms with E-state index in [0.717, 1.165) is 24.5 Å². The first-order chi connectivity index (χ1) is 11.1. The van der Waals surface area contributed by atoms with Crippen LogP contribution in [0.1, 0.15) is 10.4 Å². The van der Waals surface area contributed by atoms with E-state index in [1.165, 1.54) is 18.2 Å². The number of nitro benzene ring substituents is 1. The molecule has 8 nitrogen and oxygen atoms in total. The van der Waals surface area contributed by atoms with Crippen molar-refractivity contribution >= 4 is 38.7 Å². The Balaban J connectivity index is 2.47. The number of nitrogens with one attached hydrogen (secondary N) is 1. The number of non-ortho nitro benzene ring substituents is 1. The topological polar surface area (TPSA) is 127 Å². The molecule has 24 heavy (non-hydrogen) atoms. The summed E-state index contributed by atoms with van der Waals surface area (Å²) in [5.74, 6) is -1.09. The lowest BCUT2D eigenvalue weighted by molar-refractivity contribution is -0.385. The van der Waals surface area contributed by atoms with E-state index in [-0.39, 0.29) is 26.9 Å². The molecule has 0 radical (unpaired) electrons. The van der Waals surface area contributed by atoms with Crippen LogP contribution >= 0.6 is 11.6 Å². The zero-order chi connectivity index (χ0) is 18.1. The Morgan fingerprint density at radius 3 is 2.50 bits per heavy atom. The number of carbonyl (C=O) groups is 1. The van der Waals surface area contributed by atoms with E-state index in [4.69, 9.17) is 11.6 Å². The molecule has 0 aliphatic heterocycles. The van der Waals surface area contributed by atoms with Gasteiger partial charge in [-0.15, -0.1) is 0 Å². The van der Waals surface area contributed by atoms with Crippen molar-refractivity contribution in [1.82, 2.24) is 0 Å². The molecule has 0 aliphatic carbocycles. The van der Waals surface area contributed by atoms with Gasteiger partial charge in [-0.05, 0) is 24.3 Å². The molecule has 1 amide bonds. The number of aromatic hydroxyl groups is 1. The molecular weight excluding hydrogens is 360 g/mol. The fraction of sp³-hybridized carbons (Fsp3) is 0.0714. The third-order valence-electron chi connectivity index (χ3n) is 3.00. The summed E-state index contributed by atoms with van der Waals surface area (Å²) in [6.45, 7) is 0. The van der Waals surface area contributed by atoms with E-state index in [0.29, 0.717) is 0 Å². The normalized spacial score (nSPS) is 11.1. The number of amides is 1. The zero-order valence-electron chi connectivity index (χ0n) is 12.2. The number of benzene rings is 2. The van der Waals surface area contributed by atoms with Crippen LogP contribution in [0.2, 0.25) is 5.02 Å². The third-order valence-corrected chi connectivity index (χ3v) is 4.33. The lowest BCUT2D eigenvalue weighted by Crippen LogP contribution is -2.13. The SMILES string of the molecule is CS(=O)(=O)c1cc(C(=O)Nc2cc(Cl)ccc2O)cc([N+](=O)[O-])c1. The molecule has 126 valence electrons. The molecule has 0 spiro atoms. The van der Waals surface area contributed by atoms with Crippen LogP contribution in [0.4, 0.5) is 11.4 Å². The molecule has 0 fully saturated rings. The fourth-order valence-electron chi connectivity index (χ4n) is 1.84. The number of anilines is 1. The van der Waals surface area contributed by atoms with Gasteiger partial charge in [-0.2, -0.15) is 0 Å². The van der Waals surface area contributed by atoms with Gasteiger partial charge < -0.3 is 10.4 Å². The molecule has 2 aromatic carbocycles. The summed E-state index contributed by atoms with van der Waals surface area (Å²) in [5.41, 5.74) is -0.803. The Labute approximate surface area is 141 Å². The van der Waals surface area contributed by atoms with E-state index >= 15 is 0 Å². The molecule has 0 heterocycles. The molecular formula is C14H11ClN2O6S. The summed E-state index contributed by atoms with van der Waals surface area (Å²) >= 11 is 5.77. The summed E-state index contributed by atoms with van der Waals surface area (Å²) in [6, 6.07) is 6.76. The summed E-state index contributed by atoms with van der Waals surface area (Å²) < 4.78 is 23.3. The van der Waals surface area contributed by atoms with Crippen molar-refractivity contribution in [3.63, 3.8) is 0 Å². The predicted octanol–water partition coefficient (Wildman–Crippen LogP) is 2.61. The molecule has 0 aliphatic rings. The van der Waals surface area contributed by atoms with Gasteiger partial charge >= 0.3 is 0 Å². The number of phenolic OH excluding ortho intramolecular Hbond substituents is 1. The Hall–Kier alpha value is -2.65. The Morgan fingerprint density at radius 2 is 1.92 bits per heavy atom. The smallest absolute Gasteiger partial charge is 0.271 e. The van der Waals surface area contributed by atoms with Gasteiger partial charge in [0.15, 0.2) is 9.84 Å². The fourth-order valence-corrected chi connectivity index (χ4v) is 2.68. The number of hydrogen-bond donors (Lipinski definition) is 2. The number of sulfone groups is 1. The van der Waals surface area contributed by atoms with Crippen molar-refractivity contribution in [3.8, 4) is 5.75 Å². The van der Waals surface area contributed by atoms with Crippen molar-refractivity contribution in [3.05, 3.63) is 57.1 Å². The number of carbonyl (C=O) groups excluding carboxylic acids is 1. The third kappa shape index (κ3) is 4.00. The number of phenols is 1. The van der Waals surface area contributed by atoms with Gasteiger partial charge in [0.2, 0.25) is 0 Å². The molecule has 0 atom stereocenters. The van der Waals surface area contributed by atoms with Gasteiger partial charge in [0.05, 0.1) is 15.5 Å². The van der Waals surface area contributed by atoms with Crippen molar-refractivity contribution < 1.29 is 23.2 Å². The van der Waals surface area contributed by atoms with Gasteiger partial charge in [0.25, 0.3) is 11.6 Å². The highest BCUT2D eigenvalue weighted by molar-refractivity contribution is 7.90. The summed E-state index contributed by atoms with van der Waals surface area (Å²) in [4.78, 5) is 22.0. The van der Waals surface area contributed by atoms with Gasteiger partial charge in [-0.1, -0.05) is 11.6 Å². The second-order valence-corrected chi connectivity index (χ2v) is 7.31. The van der Waals surface area contributed by atoms with Crippen LogP contribution < -0.4 is 5.32 Å². The molecule has 0 aromatic heterocycles. The summed E-state index contributed by atoms with van der Waals surface area (Å²) in [7, 11) is -3.76. The summed E-state index contributed by atoms with van der Waals surface area (Å²) in [5, 5.41) is 23.2. The maximum atomic E-state index is 12.2. The monoisotopic (exact) mass is 370 g/mol. The highest BCUT2D eigenvalue weighted by atomic mass is 35.5. The van der Waals surface area contributed by atoms with Crippen LogP contribution in [0, 0.1) is 10.1 Å². The highest BCUT2D eigenvalue weighted by Crippen LogP contribution is 2.28. The van der Waals surface area contributed by atoms with E-state index in [2.05, 4.69) is 5.32 Å². The highest BCUT2D eigenvalue weighted by Gasteiger charge is 2.19. The van der Waals surface area contributed by atoms with Crippen molar-refractivity contribution in [2.24, 2.45) is 0 Å². The number of rotatable bonds is 4. The first-order valence-electron chi connectivity index (χ1n) is 6.37. The average molecular weight is 371 g/mol. The number of nitro groups is 1. The maximum absolute atomic E-state index is 12.2. The van der Waals surface area contributed by atoms with Gasteiger partial charge in [0, 0.05) is 29.0 Å². The second-order valence-electron chi connectivity index (χ2n) is 4.86. The number of nitrogens with zero attached hydrogens (tertiary/aromatic N) is 1. The Bertz CT molecular complexity index is 942. The first-order valence-corrected chi connectivity index (χ1v) is 8.64. The van der Waals surface area contributed by atoms with Crippen LogP contribution in [-0.4, -0.2) is 30.6 Å². The number of hydrogen-bond acceptors (Lipinski definition) is 6. The summed E-state index contributed by atoms with van der Waals surface area (Å²) in [6.07, 6.45) is 0.872. The molecule has 0 unspecified atom stereocenters. The molecule has 2 aromatic rings. The van der Waals surface area contributed by atoms with Crippen LogP contribution in [0.15, 0.2) is 41.3 Å². The lowest BCUT2D eigenvalue weighted by atomic mass is 10.2. The molecule has 0 bridgehead atoms. The van der Waals surface area contributed by atoms with Gasteiger partial charge in [-0.3, -0.25) is 14.9 Å². The predicted molar refractivity (Wildman–Crippen MR) is 87.3 cm³/mol. The molecule has 0 saturated carbocycles. The van der Waals surface area contributed by atoms with Crippen LogP contribution in [0.5, 0.6) is 5.75 Å². The van der Waals surface area contributed by atoms with Crippen molar-refractivity contribution in [1.29, 1.82) is 0 Å². The van der Waals surface area contributed by atoms with Gasteiger partial charge in [-0.25, -0.2) is 8.42 Å². The Morgan fingerprint density at radius 1 is 1.25 bits per heavy atom. The van der Waals surface area contributed by atoms with Crippen LogP contribution in [-0.2, 0) is 9.84 Å². The molecule has 10 heteroatoms. The van der Waals surface area contributed by atoms with E-state index in [9.17, 15) is 28.4 Å². The van der Waals surface area contributed by atoms with E-state index < -0.39 is 26.4 Å². The Kier molecular flexibility index (Phi) is 4.76. The standard InChI is InChI=1S/C14H11ClN2O6S/c1-24(22,23)11-5-8(4-10(7-11)17(20)21)14(19)16-12-6-9(15)2-3-13(12)18/h2-7,18H,1H3,(H,16,19). The largest absolute Gasteiger partial charge is 0.506 e. The zero-order valence-corrected chi connectivity index (χ0v) is 13.8.